The van der Waals surface area contributed by atoms with Gasteiger partial charge in [-0.15, -0.1) is 0 Å². The van der Waals surface area contributed by atoms with E-state index in [9.17, 15) is 4.79 Å². The Morgan fingerprint density at radius 2 is 1.95 bits per heavy atom. The molecule has 0 saturated heterocycles. The molecule has 20 heavy (non-hydrogen) atoms. The van der Waals surface area contributed by atoms with Gasteiger partial charge in [0, 0.05) is 13.6 Å². The van der Waals surface area contributed by atoms with E-state index >= 15 is 0 Å². The Morgan fingerprint density at radius 1 is 1.25 bits per heavy atom. The first kappa shape index (κ1) is 12.7. The van der Waals surface area contributed by atoms with Crippen LogP contribution >= 0.6 is 0 Å². The zero-order chi connectivity index (χ0) is 14.2. The van der Waals surface area contributed by atoms with Crippen LogP contribution in [0, 0.1) is 16.7 Å². The van der Waals surface area contributed by atoms with Crippen molar-refractivity contribution in [3.63, 3.8) is 0 Å². The maximum absolute atomic E-state index is 12.2. The highest BCUT2D eigenvalue weighted by molar-refractivity contribution is 5.88. The zero-order valence-electron chi connectivity index (χ0n) is 11.5. The van der Waals surface area contributed by atoms with Gasteiger partial charge in [-0.2, -0.15) is 5.26 Å². The van der Waals surface area contributed by atoms with Crippen molar-refractivity contribution in [3.05, 3.63) is 48.0 Å². The first-order valence-corrected chi connectivity index (χ1v) is 6.79. The van der Waals surface area contributed by atoms with Crippen LogP contribution in [-0.4, -0.2) is 17.9 Å². The van der Waals surface area contributed by atoms with Crippen molar-refractivity contribution in [1.29, 1.82) is 5.26 Å². The van der Waals surface area contributed by atoms with Crippen LogP contribution in [0.4, 0.5) is 0 Å². The summed E-state index contributed by atoms with van der Waals surface area (Å²) in [7, 11) is 1.77. The van der Waals surface area contributed by atoms with Crippen LogP contribution in [0.15, 0.2) is 42.5 Å². The fourth-order valence-electron chi connectivity index (χ4n) is 2.55. The molecular formula is C17H16N2O. The topological polar surface area (TPSA) is 44.1 Å². The predicted molar refractivity (Wildman–Crippen MR) is 77.7 cm³/mol. The fourth-order valence-corrected chi connectivity index (χ4v) is 2.55. The summed E-state index contributed by atoms with van der Waals surface area (Å²) in [6.45, 7) is 0.549. The monoisotopic (exact) mass is 264 g/mol. The summed E-state index contributed by atoms with van der Waals surface area (Å²) in [4.78, 5) is 13.9. The van der Waals surface area contributed by atoms with Crippen LogP contribution in [0.2, 0.25) is 0 Å². The third-order valence-electron chi connectivity index (χ3n) is 3.95. The third-order valence-corrected chi connectivity index (χ3v) is 3.95. The van der Waals surface area contributed by atoms with Crippen LogP contribution in [0.5, 0.6) is 0 Å². The minimum absolute atomic E-state index is 0.0480. The molecule has 3 nitrogen and oxygen atoms in total. The summed E-state index contributed by atoms with van der Waals surface area (Å²) in [6, 6.07) is 16.5. The van der Waals surface area contributed by atoms with Crippen LogP contribution in [0.3, 0.4) is 0 Å². The quantitative estimate of drug-likeness (QED) is 0.855. The highest BCUT2D eigenvalue weighted by Crippen LogP contribution is 2.46. The average molecular weight is 264 g/mol. The molecule has 1 amide bonds. The van der Waals surface area contributed by atoms with Gasteiger partial charge >= 0.3 is 0 Å². The SMILES string of the molecule is CN(Cc1ccc2ccccc2c1)C(=O)C1(C#N)CC1. The van der Waals surface area contributed by atoms with Crippen molar-refractivity contribution in [2.45, 2.75) is 19.4 Å². The van der Waals surface area contributed by atoms with Gasteiger partial charge < -0.3 is 4.90 Å². The van der Waals surface area contributed by atoms with Crippen LogP contribution in [-0.2, 0) is 11.3 Å². The summed E-state index contributed by atoms with van der Waals surface area (Å²) in [5.74, 6) is -0.0480. The molecule has 3 heteroatoms. The van der Waals surface area contributed by atoms with Crippen molar-refractivity contribution >= 4 is 16.7 Å². The smallest absolute Gasteiger partial charge is 0.243 e. The van der Waals surface area contributed by atoms with Crippen LogP contribution < -0.4 is 0 Å². The van der Waals surface area contributed by atoms with E-state index in [1.165, 1.54) is 10.8 Å². The molecule has 0 heterocycles. The maximum atomic E-state index is 12.2. The number of nitriles is 1. The Labute approximate surface area is 118 Å². The van der Waals surface area contributed by atoms with E-state index in [1.807, 2.05) is 18.2 Å². The van der Waals surface area contributed by atoms with Crippen molar-refractivity contribution in [3.8, 4) is 6.07 Å². The largest absolute Gasteiger partial charge is 0.340 e. The van der Waals surface area contributed by atoms with E-state index < -0.39 is 5.41 Å². The molecule has 0 N–H and O–H groups in total. The molecule has 0 atom stereocenters. The normalized spacial score (nSPS) is 15.6. The van der Waals surface area contributed by atoms with E-state index in [2.05, 4.69) is 30.3 Å². The van der Waals surface area contributed by atoms with Crippen molar-refractivity contribution in [2.24, 2.45) is 5.41 Å². The Morgan fingerprint density at radius 3 is 2.60 bits per heavy atom. The molecule has 100 valence electrons. The molecule has 2 aromatic rings. The second-order valence-corrected chi connectivity index (χ2v) is 5.54. The van der Waals surface area contributed by atoms with Crippen LogP contribution in [0.1, 0.15) is 18.4 Å². The molecule has 3 rings (SSSR count). The first-order chi connectivity index (χ1) is 9.64. The van der Waals surface area contributed by atoms with Gasteiger partial charge in [-0.05, 0) is 35.2 Å². The standard InChI is InChI=1S/C17H16N2O/c1-19(16(20)17(12-18)8-9-17)11-13-6-7-14-4-2-3-5-15(14)10-13/h2-7,10H,8-9,11H2,1H3. The number of carbonyl (C=O) groups excluding carboxylic acids is 1. The van der Waals surface area contributed by atoms with Gasteiger partial charge in [0.1, 0.15) is 5.41 Å². The van der Waals surface area contributed by atoms with E-state index in [0.29, 0.717) is 19.4 Å². The summed E-state index contributed by atoms with van der Waals surface area (Å²) in [6.07, 6.45) is 1.40. The summed E-state index contributed by atoms with van der Waals surface area (Å²) < 4.78 is 0. The number of nitrogens with zero attached hydrogens (tertiary/aromatic N) is 2. The molecule has 2 aromatic carbocycles. The van der Waals surface area contributed by atoms with E-state index in [-0.39, 0.29) is 5.91 Å². The summed E-state index contributed by atoms with van der Waals surface area (Å²) in [5, 5.41) is 11.5. The number of amides is 1. The summed E-state index contributed by atoms with van der Waals surface area (Å²) >= 11 is 0. The van der Waals surface area contributed by atoms with E-state index in [0.717, 1.165) is 5.56 Å². The Kier molecular flexibility index (Phi) is 2.94. The number of carbonyl (C=O) groups is 1. The lowest BCUT2D eigenvalue weighted by molar-refractivity contribution is -0.134. The first-order valence-electron chi connectivity index (χ1n) is 6.79. The molecule has 1 fully saturated rings. The molecule has 0 spiro atoms. The molecule has 0 aliphatic heterocycles. The number of fused-ring (bicyclic) bond motifs is 1. The van der Waals surface area contributed by atoms with Gasteiger partial charge in [-0.1, -0.05) is 36.4 Å². The lowest BCUT2D eigenvalue weighted by Gasteiger charge is -2.20. The highest BCUT2D eigenvalue weighted by Gasteiger charge is 2.51. The zero-order valence-corrected chi connectivity index (χ0v) is 11.5. The Bertz CT molecular complexity index is 710. The van der Waals surface area contributed by atoms with E-state index in [1.54, 1.807) is 11.9 Å². The van der Waals surface area contributed by atoms with Gasteiger partial charge in [-0.25, -0.2) is 0 Å². The minimum Gasteiger partial charge on any atom is -0.340 e. The fraction of sp³-hybridized carbons (Fsp3) is 0.294. The average Bonchev–Trinajstić information content (AvgIpc) is 3.27. The second-order valence-electron chi connectivity index (χ2n) is 5.54. The predicted octanol–water partition coefficient (Wildman–Crippen LogP) is 3.10. The number of rotatable bonds is 3. The Hall–Kier alpha value is -2.34. The molecule has 0 bridgehead atoms. The van der Waals surface area contributed by atoms with E-state index in [4.69, 9.17) is 5.26 Å². The molecule has 1 aliphatic rings. The van der Waals surface area contributed by atoms with Crippen molar-refractivity contribution in [1.82, 2.24) is 4.90 Å². The second kappa shape index (κ2) is 4.64. The molecule has 0 radical (unpaired) electrons. The Balaban J connectivity index is 1.79. The lowest BCUT2D eigenvalue weighted by Crippen LogP contribution is -2.32. The summed E-state index contributed by atoms with van der Waals surface area (Å²) in [5.41, 5.74) is 0.360. The van der Waals surface area contributed by atoms with Gasteiger partial charge in [-0.3, -0.25) is 4.79 Å². The van der Waals surface area contributed by atoms with Gasteiger partial charge in [0.2, 0.25) is 5.91 Å². The van der Waals surface area contributed by atoms with Gasteiger partial charge in [0.25, 0.3) is 0 Å². The molecular weight excluding hydrogens is 248 g/mol. The van der Waals surface area contributed by atoms with Crippen LogP contribution in [0.25, 0.3) is 10.8 Å². The van der Waals surface area contributed by atoms with Gasteiger partial charge in [0.05, 0.1) is 6.07 Å². The molecule has 0 aromatic heterocycles. The number of hydrogen-bond donors (Lipinski definition) is 0. The molecule has 0 unspecified atom stereocenters. The molecule has 1 saturated carbocycles. The third kappa shape index (κ3) is 2.14. The molecule has 1 aliphatic carbocycles. The van der Waals surface area contributed by atoms with Crippen molar-refractivity contribution in [2.75, 3.05) is 7.05 Å². The maximum Gasteiger partial charge on any atom is 0.243 e. The van der Waals surface area contributed by atoms with Crippen molar-refractivity contribution < 1.29 is 4.79 Å². The van der Waals surface area contributed by atoms with Gasteiger partial charge in [0.15, 0.2) is 0 Å². The lowest BCUT2D eigenvalue weighted by atomic mass is 10.1. The number of benzene rings is 2. The minimum atomic E-state index is -0.731. The number of hydrogen-bond acceptors (Lipinski definition) is 2. The highest BCUT2D eigenvalue weighted by atomic mass is 16.2.